The van der Waals surface area contributed by atoms with E-state index in [0.717, 1.165) is 12.8 Å². The lowest BCUT2D eigenvalue weighted by Crippen LogP contribution is -2.45. The number of unbranched alkanes of at least 4 members (excludes halogenated alkanes) is 3. The molecular weight excluding hydrogens is 166 g/mol. The fourth-order valence-corrected chi connectivity index (χ4v) is 1.25. The summed E-state index contributed by atoms with van der Waals surface area (Å²) in [6, 6.07) is 0. The molecular formula is C10H21NO2. The van der Waals surface area contributed by atoms with Crippen LogP contribution in [0.3, 0.4) is 0 Å². The maximum atomic E-state index is 11.2. The molecule has 0 aromatic rings. The average Bonchev–Trinajstić information content (AvgIpc) is 2.11. The van der Waals surface area contributed by atoms with Crippen molar-refractivity contribution in [1.29, 1.82) is 0 Å². The second kappa shape index (κ2) is 5.97. The van der Waals surface area contributed by atoms with Crippen molar-refractivity contribution in [2.24, 2.45) is 5.73 Å². The van der Waals surface area contributed by atoms with E-state index in [1.54, 1.807) is 6.92 Å². The van der Waals surface area contributed by atoms with E-state index in [1.807, 2.05) is 0 Å². The number of methoxy groups -OCH3 is 1. The fraction of sp³-hybridized carbons (Fsp3) is 0.900. The van der Waals surface area contributed by atoms with E-state index in [1.165, 1.54) is 20.0 Å². The molecule has 0 spiro atoms. The van der Waals surface area contributed by atoms with Gasteiger partial charge < -0.3 is 10.5 Å². The van der Waals surface area contributed by atoms with Crippen LogP contribution in [0.4, 0.5) is 0 Å². The number of rotatable bonds is 6. The van der Waals surface area contributed by atoms with E-state index in [4.69, 9.17) is 5.73 Å². The molecule has 0 amide bonds. The van der Waals surface area contributed by atoms with Gasteiger partial charge in [0.1, 0.15) is 5.54 Å². The Morgan fingerprint density at radius 1 is 1.38 bits per heavy atom. The Labute approximate surface area is 80.6 Å². The highest BCUT2D eigenvalue weighted by atomic mass is 16.5. The first-order valence-electron chi connectivity index (χ1n) is 4.92. The van der Waals surface area contributed by atoms with E-state index in [2.05, 4.69) is 11.7 Å². The summed E-state index contributed by atoms with van der Waals surface area (Å²) < 4.78 is 4.61. The number of carbonyl (C=O) groups excluding carboxylic acids is 1. The van der Waals surface area contributed by atoms with E-state index in [9.17, 15) is 4.79 Å². The molecule has 78 valence electrons. The van der Waals surface area contributed by atoms with Crippen LogP contribution >= 0.6 is 0 Å². The van der Waals surface area contributed by atoms with Crippen LogP contribution in [0, 0.1) is 0 Å². The van der Waals surface area contributed by atoms with E-state index < -0.39 is 5.54 Å². The number of esters is 1. The first-order valence-corrected chi connectivity index (χ1v) is 4.92. The first-order chi connectivity index (χ1) is 6.04. The van der Waals surface area contributed by atoms with E-state index >= 15 is 0 Å². The molecule has 0 saturated heterocycles. The summed E-state index contributed by atoms with van der Waals surface area (Å²) in [5.41, 5.74) is 4.98. The molecule has 0 saturated carbocycles. The molecule has 0 fully saturated rings. The van der Waals surface area contributed by atoms with Gasteiger partial charge in [-0.3, -0.25) is 4.79 Å². The van der Waals surface area contributed by atoms with Gasteiger partial charge in [-0.05, 0) is 13.3 Å². The molecule has 0 unspecified atom stereocenters. The zero-order chi connectivity index (χ0) is 10.3. The number of nitrogens with two attached hydrogens (primary N) is 1. The molecule has 0 aromatic carbocycles. The van der Waals surface area contributed by atoms with Crippen LogP contribution in [0.2, 0.25) is 0 Å². The van der Waals surface area contributed by atoms with Crippen molar-refractivity contribution in [2.45, 2.75) is 51.5 Å². The summed E-state index contributed by atoms with van der Waals surface area (Å²) in [4.78, 5) is 11.2. The minimum atomic E-state index is -0.803. The Kier molecular flexibility index (Phi) is 5.71. The third kappa shape index (κ3) is 4.88. The van der Waals surface area contributed by atoms with Crippen molar-refractivity contribution in [3.63, 3.8) is 0 Å². The molecule has 2 N–H and O–H groups in total. The first kappa shape index (κ1) is 12.4. The highest BCUT2D eigenvalue weighted by molar-refractivity contribution is 5.79. The van der Waals surface area contributed by atoms with Crippen LogP contribution in [0.5, 0.6) is 0 Å². The molecule has 13 heavy (non-hydrogen) atoms. The SMILES string of the molecule is CCCCCC[C@@](C)(N)C(=O)OC. The van der Waals surface area contributed by atoms with Crippen LogP contribution in [-0.4, -0.2) is 18.6 Å². The molecule has 3 nitrogen and oxygen atoms in total. The molecule has 0 bridgehead atoms. The van der Waals surface area contributed by atoms with Gasteiger partial charge in [-0.15, -0.1) is 0 Å². The summed E-state index contributed by atoms with van der Waals surface area (Å²) in [5, 5.41) is 0. The van der Waals surface area contributed by atoms with Crippen LogP contribution < -0.4 is 5.73 Å². The molecule has 0 aliphatic rings. The van der Waals surface area contributed by atoms with Crippen LogP contribution in [0.1, 0.15) is 46.0 Å². The Hall–Kier alpha value is -0.570. The van der Waals surface area contributed by atoms with E-state index in [-0.39, 0.29) is 5.97 Å². The van der Waals surface area contributed by atoms with Gasteiger partial charge in [-0.1, -0.05) is 32.6 Å². The zero-order valence-electron chi connectivity index (χ0n) is 8.93. The van der Waals surface area contributed by atoms with Gasteiger partial charge in [0.05, 0.1) is 7.11 Å². The Morgan fingerprint density at radius 3 is 2.46 bits per heavy atom. The molecule has 0 heterocycles. The third-order valence-electron chi connectivity index (χ3n) is 2.20. The number of carbonyl (C=O) groups is 1. The van der Waals surface area contributed by atoms with Crippen LogP contribution in [0.25, 0.3) is 0 Å². The van der Waals surface area contributed by atoms with Gasteiger partial charge in [0.25, 0.3) is 0 Å². The topological polar surface area (TPSA) is 52.3 Å². The van der Waals surface area contributed by atoms with Crippen molar-refractivity contribution < 1.29 is 9.53 Å². The highest BCUT2D eigenvalue weighted by Gasteiger charge is 2.28. The van der Waals surface area contributed by atoms with Crippen LogP contribution in [-0.2, 0) is 9.53 Å². The summed E-state index contributed by atoms with van der Waals surface area (Å²) >= 11 is 0. The van der Waals surface area contributed by atoms with Crippen molar-refractivity contribution in [1.82, 2.24) is 0 Å². The standard InChI is InChI=1S/C10H21NO2/c1-4-5-6-7-8-10(2,11)9(12)13-3/h4-8,11H2,1-3H3/t10-/m1/s1. The van der Waals surface area contributed by atoms with Gasteiger partial charge in [-0.2, -0.15) is 0 Å². The lowest BCUT2D eigenvalue weighted by atomic mass is 9.95. The Bertz CT molecular complexity index is 155. The Balaban J connectivity index is 3.69. The highest BCUT2D eigenvalue weighted by Crippen LogP contribution is 2.13. The van der Waals surface area contributed by atoms with Gasteiger partial charge in [0.2, 0.25) is 0 Å². The van der Waals surface area contributed by atoms with Gasteiger partial charge >= 0.3 is 5.97 Å². The van der Waals surface area contributed by atoms with Gasteiger partial charge in [0.15, 0.2) is 0 Å². The molecule has 1 atom stereocenters. The normalized spacial score (nSPS) is 15.1. The van der Waals surface area contributed by atoms with Gasteiger partial charge in [-0.25, -0.2) is 0 Å². The molecule has 0 aliphatic carbocycles. The molecule has 0 aliphatic heterocycles. The lowest BCUT2D eigenvalue weighted by Gasteiger charge is -2.20. The fourth-order valence-electron chi connectivity index (χ4n) is 1.25. The number of ether oxygens (including phenoxy) is 1. The van der Waals surface area contributed by atoms with Crippen molar-refractivity contribution in [3.05, 3.63) is 0 Å². The predicted molar refractivity (Wildman–Crippen MR) is 53.4 cm³/mol. The summed E-state index contributed by atoms with van der Waals surface area (Å²) in [6.45, 7) is 3.88. The second-order valence-electron chi connectivity index (χ2n) is 3.72. The average molecular weight is 187 g/mol. The molecule has 0 radical (unpaired) electrons. The van der Waals surface area contributed by atoms with Crippen molar-refractivity contribution in [3.8, 4) is 0 Å². The Morgan fingerprint density at radius 2 is 2.00 bits per heavy atom. The van der Waals surface area contributed by atoms with Crippen molar-refractivity contribution >= 4 is 5.97 Å². The van der Waals surface area contributed by atoms with E-state index in [0.29, 0.717) is 6.42 Å². The maximum Gasteiger partial charge on any atom is 0.325 e. The quantitative estimate of drug-likeness (QED) is 0.510. The maximum absolute atomic E-state index is 11.2. The largest absolute Gasteiger partial charge is 0.468 e. The minimum Gasteiger partial charge on any atom is -0.468 e. The minimum absolute atomic E-state index is 0.316. The molecule has 0 rings (SSSR count). The number of hydrogen-bond acceptors (Lipinski definition) is 3. The monoisotopic (exact) mass is 187 g/mol. The van der Waals surface area contributed by atoms with Crippen LogP contribution in [0.15, 0.2) is 0 Å². The lowest BCUT2D eigenvalue weighted by molar-refractivity contribution is -0.146. The van der Waals surface area contributed by atoms with Gasteiger partial charge in [0, 0.05) is 0 Å². The smallest absolute Gasteiger partial charge is 0.325 e. The summed E-state index contributed by atoms with van der Waals surface area (Å²) in [7, 11) is 1.37. The predicted octanol–water partition coefficient (Wildman–Crippen LogP) is 1.85. The zero-order valence-corrected chi connectivity index (χ0v) is 8.93. The van der Waals surface area contributed by atoms with Crippen molar-refractivity contribution in [2.75, 3.05) is 7.11 Å². The summed E-state index contributed by atoms with van der Waals surface area (Å²) in [5.74, 6) is -0.316. The number of hydrogen-bond donors (Lipinski definition) is 1. The third-order valence-corrected chi connectivity index (χ3v) is 2.20. The molecule has 0 aromatic heterocycles. The molecule has 3 heteroatoms. The summed E-state index contributed by atoms with van der Waals surface area (Å²) in [6.07, 6.45) is 5.24. The second-order valence-corrected chi connectivity index (χ2v) is 3.72.